The highest BCUT2D eigenvalue weighted by Crippen LogP contribution is 2.11. The third-order valence-corrected chi connectivity index (χ3v) is 3.90. The maximum atomic E-state index is 11.9. The first-order valence-electron chi connectivity index (χ1n) is 4.85. The molecule has 84 valence electrons. The minimum absolute atomic E-state index is 0.0114. The van der Waals surface area contributed by atoms with E-state index in [0.29, 0.717) is 17.2 Å². The zero-order valence-electron chi connectivity index (χ0n) is 8.54. The molecule has 0 radical (unpaired) electrons. The summed E-state index contributed by atoms with van der Waals surface area (Å²) in [6.45, 7) is 0. The highest BCUT2D eigenvalue weighted by Gasteiger charge is 2.14. The van der Waals surface area contributed by atoms with E-state index in [0.717, 1.165) is 0 Å². The Morgan fingerprint density at radius 1 is 1.19 bits per heavy atom. The van der Waals surface area contributed by atoms with Crippen molar-refractivity contribution in [2.75, 3.05) is 5.75 Å². The van der Waals surface area contributed by atoms with E-state index in [9.17, 15) is 8.42 Å². The fourth-order valence-electron chi connectivity index (χ4n) is 1.34. The van der Waals surface area contributed by atoms with Gasteiger partial charge in [0.15, 0.2) is 15.7 Å². The molecular weight excluding hydrogens is 226 g/mol. The second-order valence-corrected chi connectivity index (χ2v) is 5.42. The van der Waals surface area contributed by atoms with Gasteiger partial charge in [0.05, 0.1) is 16.8 Å². The standard InChI is InChI=1S/C11H11NO3S/c13-16(14,10-4-2-1-3-5-10)9-6-11-12-7-8-15-11/h1-5,7-8H,6,9H2. The molecule has 0 aliphatic rings. The van der Waals surface area contributed by atoms with Crippen molar-refractivity contribution < 1.29 is 12.8 Å². The van der Waals surface area contributed by atoms with Crippen molar-refractivity contribution >= 4 is 9.84 Å². The van der Waals surface area contributed by atoms with Crippen LogP contribution in [0, 0.1) is 0 Å². The molecule has 0 N–H and O–H groups in total. The number of sulfone groups is 1. The fourth-order valence-corrected chi connectivity index (χ4v) is 2.59. The number of hydrogen-bond donors (Lipinski definition) is 0. The summed E-state index contributed by atoms with van der Waals surface area (Å²) >= 11 is 0. The van der Waals surface area contributed by atoms with E-state index in [1.165, 1.54) is 12.5 Å². The van der Waals surface area contributed by atoms with E-state index in [1.807, 2.05) is 0 Å². The Balaban J connectivity index is 2.10. The monoisotopic (exact) mass is 237 g/mol. The predicted octanol–water partition coefficient (Wildman–Crippen LogP) is 1.69. The Labute approximate surface area is 93.9 Å². The van der Waals surface area contributed by atoms with E-state index in [1.54, 1.807) is 30.3 Å². The molecule has 0 saturated heterocycles. The van der Waals surface area contributed by atoms with E-state index >= 15 is 0 Å². The van der Waals surface area contributed by atoms with Gasteiger partial charge in [0.25, 0.3) is 0 Å². The number of aromatic nitrogens is 1. The van der Waals surface area contributed by atoms with Gasteiger partial charge in [-0.25, -0.2) is 13.4 Å². The van der Waals surface area contributed by atoms with Gasteiger partial charge in [-0.15, -0.1) is 0 Å². The lowest BCUT2D eigenvalue weighted by molar-refractivity contribution is 0.499. The SMILES string of the molecule is O=S(=O)(CCc1ncco1)c1ccccc1. The van der Waals surface area contributed by atoms with Gasteiger partial charge in [-0.2, -0.15) is 0 Å². The summed E-state index contributed by atoms with van der Waals surface area (Å²) in [4.78, 5) is 4.22. The maximum absolute atomic E-state index is 11.9. The lowest BCUT2D eigenvalue weighted by atomic mass is 10.4. The lowest BCUT2D eigenvalue weighted by Gasteiger charge is -2.01. The van der Waals surface area contributed by atoms with Gasteiger partial charge in [0.1, 0.15) is 6.26 Å². The first-order valence-corrected chi connectivity index (χ1v) is 6.50. The Kier molecular flexibility index (Phi) is 3.05. The molecule has 0 amide bonds. The number of oxazole rings is 1. The van der Waals surface area contributed by atoms with Crippen LogP contribution < -0.4 is 0 Å². The van der Waals surface area contributed by atoms with Crippen LogP contribution in [-0.4, -0.2) is 19.2 Å². The molecule has 0 fully saturated rings. The summed E-state index contributed by atoms with van der Waals surface area (Å²) in [6, 6.07) is 8.37. The molecule has 2 rings (SSSR count). The Morgan fingerprint density at radius 3 is 2.56 bits per heavy atom. The molecule has 0 saturated carbocycles. The largest absolute Gasteiger partial charge is 0.449 e. The van der Waals surface area contributed by atoms with Gasteiger partial charge in [-0.05, 0) is 12.1 Å². The summed E-state index contributed by atoms with van der Waals surface area (Å²) in [5, 5.41) is 0. The highest BCUT2D eigenvalue weighted by molar-refractivity contribution is 7.91. The average molecular weight is 237 g/mol. The third-order valence-electron chi connectivity index (χ3n) is 2.17. The second-order valence-electron chi connectivity index (χ2n) is 3.31. The van der Waals surface area contributed by atoms with Crippen molar-refractivity contribution in [2.45, 2.75) is 11.3 Å². The third kappa shape index (κ3) is 2.49. The molecule has 0 spiro atoms. The van der Waals surface area contributed by atoms with E-state index in [2.05, 4.69) is 4.98 Å². The van der Waals surface area contributed by atoms with Crippen LogP contribution in [0.1, 0.15) is 5.89 Å². The Hall–Kier alpha value is -1.62. The van der Waals surface area contributed by atoms with Crippen molar-refractivity contribution in [1.29, 1.82) is 0 Å². The van der Waals surface area contributed by atoms with Gasteiger partial charge < -0.3 is 4.42 Å². The van der Waals surface area contributed by atoms with E-state index in [-0.39, 0.29) is 5.75 Å². The number of nitrogens with zero attached hydrogens (tertiary/aromatic N) is 1. The van der Waals surface area contributed by atoms with Crippen LogP contribution in [0.4, 0.5) is 0 Å². The summed E-state index contributed by atoms with van der Waals surface area (Å²) in [5.74, 6) is 0.455. The van der Waals surface area contributed by atoms with Crippen molar-refractivity contribution in [3.63, 3.8) is 0 Å². The quantitative estimate of drug-likeness (QED) is 0.811. The summed E-state index contributed by atoms with van der Waals surface area (Å²) in [6.07, 6.45) is 3.24. The summed E-state index contributed by atoms with van der Waals surface area (Å²) < 4.78 is 28.7. The molecule has 1 heterocycles. The normalized spacial score (nSPS) is 11.5. The van der Waals surface area contributed by atoms with Crippen molar-refractivity contribution in [3.05, 3.63) is 48.7 Å². The molecule has 1 aromatic heterocycles. The molecule has 0 aliphatic heterocycles. The van der Waals surface area contributed by atoms with Gasteiger partial charge in [0, 0.05) is 6.42 Å². The van der Waals surface area contributed by atoms with Crippen LogP contribution in [0.2, 0.25) is 0 Å². The molecule has 0 unspecified atom stereocenters. The molecule has 5 heteroatoms. The molecule has 0 aliphatic carbocycles. The maximum Gasteiger partial charge on any atom is 0.194 e. The smallest absolute Gasteiger partial charge is 0.194 e. The number of benzene rings is 1. The fraction of sp³-hybridized carbons (Fsp3) is 0.182. The van der Waals surface area contributed by atoms with Crippen molar-refractivity contribution in [1.82, 2.24) is 4.98 Å². The zero-order valence-corrected chi connectivity index (χ0v) is 9.35. The Morgan fingerprint density at radius 2 is 1.94 bits per heavy atom. The van der Waals surface area contributed by atoms with Crippen molar-refractivity contribution in [2.24, 2.45) is 0 Å². The second kappa shape index (κ2) is 4.49. The summed E-state index contributed by atoms with van der Waals surface area (Å²) in [7, 11) is -3.24. The first-order chi connectivity index (χ1) is 7.68. The van der Waals surface area contributed by atoms with Crippen molar-refractivity contribution in [3.8, 4) is 0 Å². The predicted molar refractivity (Wildman–Crippen MR) is 58.7 cm³/mol. The molecule has 2 aromatic rings. The van der Waals surface area contributed by atoms with Gasteiger partial charge in [-0.1, -0.05) is 18.2 Å². The minimum atomic E-state index is -3.24. The molecular formula is C11H11NO3S. The average Bonchev–Trinajstić information content (AvgIpc) is 2.81. The van der Waals surface area contributed by atoms with Gasteiger partial charge in [-0.3, -0.25) is 0 Å². The van der Waals surface area contributed by atoms with E-state index < -0.39 is 9.84 Å². The van der Waals surface area contributed by atoms with Crippen LogP contribution in [0.25, 0.3) is 0 Å². The van der Waals surface area contributed by atoms with Crippen LogP contribution in [0.15, 0.2) is 52.1 Å². The molecule has 4 nitrogen and oxygen atoms in total. The molecule has 1 aromatic carbocycles. The number of aryl methyl sites for hydroxylation is 1. The van der Waals surface area contributed by atoms with Crippen LogP contribution >= 0.6 is 0 Å². The molecule has 0 bridgehead atoms. The topological polar surface area (TPSA) is 60.2 Å². The number of hydrogen-bond acceptors (Lipinski definition) is 4. The molecule has 0 atom stereocenters. The van der Waals surface area contributed by atoms with Crippen LogP contribution in [0.5, 0.6) is 0 Å². The van der Waals surface area contributed by atoms with Crippen LogP contribution in [0.3, 0.4) is 0 Å². The van der Waals surface area contributed by atoms with Gasteiger partial charge in [0.2, 0.25) is 0 Å². The molecule has 16 heavy (non-hydrogen) atoms. The lowest BCUT2D eigenvalue weighted by Crippen LogP contribution is -2.09. The van der Waals surface area contributed by atoms with E-state index in [4.69, 9.17) is 4.42 Å². The Bertz CT molecular complexity index is 532. The summed E-state index contributed by atoms with van der Waals surface area (Å²) in [5.41, 5.74) is 0. The minimum Gasteiger partial charge on any atom is -0.449 e. The first kappa shape index (κ1) is 10.9. The van der Waals surface area contributed by atoms with Gasteiger partial charge >= 0.3 is 0 Å². The number of rotatable bonds is 4. The van der Waals surface area contributed by atoms with Crippen LogP contribution in [-0.2, 0) is 16.3 Å². The highest BCUT2D eigenvalue weighted by atomic mass is 32.2. The zero-order chi connectivity index (χ0) is 11.4.